The lowest BCUT2D eigenvalue weighted by molar-refractivity contribution is 0.374. The molecule has 0 bridgehead atoms. The lowest BCUT2D eigenvalue weighted by Gasteiger charge is -2.12. The number of nitrogens with two attached hydrogens (primary N) is 2. The summed E-state index contributed by atoms with van der Waals surface area (Å²) in [7, 11) is 4.88. The Bertz CT molecular complexity index is 1980. The second kappa shape index (κ2) is 19.4. The summed E-state index contributed by atoms with van der Waals surface area (Å²) >= 11 is 0. The van der Waals surface area contributed by atoms with Crippen molar-refractivity contribution in [2.75, 3.05) is 68.3 Å². The van der Waals surface area contributed by atoms with Crippen molar-refractivity contribution in [1.82, 2.24) is 0 Å². The van der Waals surface area contributed by atoms with Gasteiger partial charge in [-0.1, -0.05) is 12.1 Å². The highest BCUT2D eigenvalue weighted by atomic mass is 32.2. The highest BCUT2D eigenvalue weighted by Crippen LogP contribution is 2.37. The van der Waals surface area contributed by atoms with Crippen LogP contribution >= 0.6 is 0 Å². The molecular formula is C38H46N2O12S2. The molecule has 0 atom stereocenters. The number of hydrogen-bond donors (Lipinski definition) is 2. The maximum Gasteiger partial charge on any atom is 0.175 e. The molecule has 0 radical (unpaired) electrons. The van der Waals surface area contributed by atoms with Crippen molar-refractivity contribution in [2.24, 2.45) is 0 Å². The highest BCUT2D eigenvalue weighted by Gasteiger charge is 2.16. The second-order valence-corrected chi connectivity index (χ2v) is 15.0. The quantitative estimate of drug-likeness (QED) is 0.130. The predicted molar refractivity (Wildman–Crippen MR) is 210 cm³/mol. The van der Waals surface area contributed by atoms with E-state index < -0.39 is 19.7 Å². The number of nitrogen functional groups attached to an aromatic ring is 2. The minimum absolute atomic E-state index is 0.196. The lowest BCUT2D eigenvalue weighted by atomic mass is 10.1. The van der Waals surface area contributed by atoms with Gasteiger partial charge in [-0.15, -0.1) is 0 Å². The first-order valence-electron chi connectivity index (χ1n) is 15.9. The van der Waals surface area contributed by atoms with Gasteiger partial charge in [0.25, 0.3) is 0 Å². The third-order valence-corrected chi connectivity index (χ3v) is 10.3. The first-order valence-corrected chi connectivity index (χ1v) is 19.4. The zero-order valence-corrected chi connectivity index (χ0v) is 33.0. The van der Waals surface area contributed by atoms with Gasteiger partial charge in [0, 0.05) is 35.1 Å². The molecule has 14 nitrogen and oxygen atoms in total. The van der Waals surface area contributed by atoms with Crippen molar-refractivity contribution in [3.8, 4) is 46.0 Å². The summed E-state index contributed by atoms with van der Waals surface area (Å²) in [6.45, 7) is 0. The van der Waals surface area contributed by atoms with Gasteiger partial charge in [-0.05, 0) is 47.5 Å². The Morgan fingerprint density at radius 3 is 0.981 bits per heavy atom. The molecule has 0 fully saturated rings. The van der Waals surface area contributed by atoms with Crippen LogP contribution in [0.2, 0.25) is 0 Å². The van der Waals surface area contributed by atoms with Crippen molar-refractivity contribution in [3.63, 3.8) is 0 Å². The van der Waals surface area contributed by atoms with E-state index in [1.54, 1.807) is 60.7 Å². The standard InChI is InChI=1S/2C19H23NO6S/c2*1-23-14-10-18(25-3)15(19(11-14)26-4)7-8-27(21,22)12-13-5-6-17(24-2)16(20)9-13/h2*5-11H,12,20H2,1-4H3/b2*8-7+. The molecule has 0 amide bonds. The molecule has 4 aromatic rings. The van der Waals surface area contributed by atoms with Crippen LogP contribution in [0, 0.1) is 0 Å². The fourth-order valence-electron chi connectivity index (χ4n) is 5.05. The van der Waals surface area contributed by atoms with Crippen LogP contribution in [0.4, 0.5) is 11.4 Å². The van der Waals surface area contributed by atoms with Crippen molar-refractivity contribution in [2.45, 2.75) is 11.5 Å². The predicted octanol–water partition coefficient (Wildman–Crippen LogP) is 5.78. The minimum Gasteiger partial charge on any atom is -0.496 e. The molecule has 54 heavy (non-hydrogen) atoms. The lowest BCUT2D eigenvalue weighted by Crippen LogP contribution is -2.02. The van der Waals surface area contributed by atoms with E-state index in [2.05, 4.69) is 0 Å². The number of ether oxygens (including phenoxy) is 8. The summed E-state index contributed by atoms with van der Waals surface area (Å²) in [5.74, 6) is 3.43. The molecule has 0 saturated carbocycles. The summed E-state index contributed by atoms with van der Waals surface area (Å²) in [6.07, 6.45) is 2.89. The average molecular weight is 787 g/mol. The van der Waals surface area contributed by atoms with E-state index >= 15 is 0 Å². The fourth-order valence-corrected chi connectivity index (χ4v) is 7.21. The molecule has 0 aromatic heterocycles. The molecular weight excluding hydrogens is 741 g/mol. The van der Waals surface area contributed by atoms with E-state index in [0.717, 1.165) is 10.8 Å². The zero-order valence-electron chi connectivity index (χ0n) is 31.4. The van der Waals surface area contributed by atoms with E-state index in [1.165, 1.54) is 69.0 Å². The van der Waals surface area contributed by atoms with Gasteiger partial charge in [0.2, 0.25) is 0 Å². The van der Waals surface area contributed by atoms with Gasteiger partial charge in [0.1, 0.15) is 46.0 Å². The van der Waals surface area contributed by atoms with E-state index in [1.807, 2.05) is 0 Å². The summed E-state index contributed by atoms with van der Waals surface area (Å²) in [5, 5.41) is 2.25. The summed E-state index contributed by atoms with van der Waals surface area (Å²) in [6, 6.07) is 16.4. The molecule has 0 heterocycles. The summed E-state index contributed by atoms with van der Waals surface area (Å²) in [5.41, 5.74) is 14.6. The van der Waals surface area contributed by atoms with Crippen molar-refractivity contribution in [1.29, 1.82) is 0 Å². The van der Waals surface area contributed by atoms with E-state index in [-0.39, 0.29) is 11.5 Å². The number of benzene rings is 4. The van der Waals surface area contributed by atoms with Crippen molar-refractivity contribution in [3.05, 3.63) is 93.7 Å². The maximum absolute atomic E-state index is 12.5. The van der Waals surface area contributed by atoms with Crippen molar-refractivity contribution >= 4 is 43.2 Å². The first-order chi connectivity index (χ1) is 25.7. The van der Waals surface area contributed by atoms with Gasteiger partial charge in [-0.3, -0.25) is 0 Å². The highest BCUT2D eigenvalue weighted by molar-refractivity contribution is 7.93. The molecule has 292 valence electrons. The number of anilines is 2. The van der Waals surface area contributed by atoms with Gasteiger partial charge < -0.3 is 49.4 Å². The number of sulfone groups is 2. The van der Waals surface area contributed by atoms with Crippen LogP contribution in [0.25, 0.3) is 12.2 Å². The van der Waals surface area contributed by atoms with Gasteiger partial charge >= 0.3 is 0 Å². The maximum atomic E-state index is 12.5. The molecule has 0 aliphatic heterocycles. The van der Waals surface area contributed by atoms with Crippen LogP contribution in [0.3, 0.4) is 0 Å². The Balaban J connectivity index is 0.000000290. The molecule has 0 saturated heterocycles. The number of rotatable bonds is 16. The molecule has 0 spiro atoms. The molecule has 0 aliphatic rings. The largest absolute Gasteiger partial charge is 0.496 e. The normalized spacial score (nSPS) is 11.4. The van der Waals surface area contributed by atoms with Crippen LogP contribution in [0.5, 0.6) is 46.0 Å². The SMILES string of the molecule is COc1cc(OC)c(/C=C/S(=O)(=O)Cc2ccc(OC)c(N)c2)c(OC)c1.COc1cc(OC)c(/C=C/S(=O)(=O)Cc2ccc(OC)c(N)c2)c(OC)c1. The first kappa shape index (κ1) is 42.7. The number of hydrogen-bond acceptors (Lipinski definition) is 14. The Morgan fingerprint density at radius 2 is 0.741 bits per heavy atom. The Morgan fingerprint density at radius 1 is 0.444 bits per heavy atom. The molecule has 4 aromatic carbocycles. The van der Waals surface area contributed by atoms with Crippen LogP contribution in [0.1, 0.15) is 22.3 Å². The molecule has 4 N–H and O–H groups in total. The molecule has 0 unspecified atom stereocenters. The monoisotopic (exact) mass is 786 g/mol. The number of methoxy groups -OCH3 is 8. The zero-order chi connectivity index (χ0) is 40.1. The molecule has 16 heteroatoms. The topological polar surface area (TPSA) is 194 Å². The Labute approximate surface area is 316 Å². The average Bonchev–Trinajstić information content (AvgIpc) is 3.15. The van der Waals surface area contributed by atoms with Crippen LogP contribution in [-0.2, 0) is 31.2 Å². The minimum atomic E-state index is -3.55. The van der Waals surface area contributed by atoms with Gasteiger partial charge in [-0.25, -0.2) is 16.8 Å². The Kier molecular flexibility index (Phi) is 15.3. The van der Waals surface area contributed by atoms with Crippen LogP contribution in [0.15, 0.2) is 71.5 Å². The third-order valence-electron chi connectivity index (χ3n) is 7.71. The van der Waals surface area contributed by atoms with Crippen LogP contribution in [-0.4, -0.2) is 73.7 Å². The summed E-state index contributed by atoms with van der Waals surface area (Å²) in [4.78, 5) is 0. The van der Waals surface area contributed by atoms with Gasteiger partial charge in [0.05, 0.1) is 90.9 Å². The van der Waals surface area contributed by atoms with Crippen molar-refractivity contribution < 1.29 is 54.7 Å². The molecule has 4 rings (SSSR count). The second-order valence-electron chi connectivity index (χ2n) is 11.3. The van der Waals surface area contributed by atoms with E-state index in [4.69, 9.17) is 49.4 Å². The van der Waals surface area contributed by atoms with Gasteiger partial charge in [0.15, 0.2) is 19.7 Å². The third kappa shape index (κ3) is 11.6. The Hall–Kier alpha value is -5.74. The van der Waals surface area contributed by atoms with Gasteiger partial charge in [-0.2, -0.15) is 0 Å². The fraction of sp³-hybridized carbons (Fsp3) is 0.263. The molecule has 0 aliphatic carbocycles. The smallest absolute Gasteiger partial charge is 0.175 e. The van der Waals surface area contributed by atoms with E-state index in [0.29, 0.717) is 79.6 Å². The summed E-state index contributed by atoms with van der Waals surface area (Å²) < 4.78 is 91.8. The van der Waals surface area contributed by atoms with Crippen LogP contribution < -0.4 is 49.4 Å². The van der Waals surface area contributed by atoms with E-state index in [9.17, 15) is 16.8 Å².